The molecule has 6 nitrogen and oxygen atoms in total. The summed E-state index contributed by atoms with van der Waals surface area (Å²) in [6.45, 7) is 0.356. The Balaban J connectivity index is 1.97. The molecule has 126 valence electrons. The number of hydrogen-bond donors (Lipinski definition) is 3. The smallest absolute Gasteiger partial charge is 0.312 e. The van der Waals surface area contributed by atoms with Gasteiger partial charge >= 0.3 is 6.03 Å². The molecule has 0 saturated heterocycles. The van der Waals surface area contributed by atoms with E-state index in [1.54, 1.807) is 7.11 Å². The molecule has 4 N–H and O–H groups in total. The van der Waals surface area contributed by atoms with E-state index < -0.39 is 12.1 Å². The lowest BCUT2D eigenvalue weighted by Gasteiger charge is -2.17. The quantitative estimate of drug-likeness (QED) is 0.721. The van der Waals surface area contributed by atoms with E-state index in [9.17, 15) is 9.59 Å². The highest BCUT2D eigenvalue weighted by Crippen LogP contribution is 2.11. The molecule has 2 rings (SSSR count). The van der Waals surface area contributed by atoms with Crippen LogP contribution in [-0.2, 0) is 17.8 Å². The van der Waals surface area contributed by atoms with E-state index in [1.165, 1.54) is 0 Å². The molecule has 0 heterocycles. The van der Waals surface area contributed by atoms with Crippen molar-refractivity contribution < 1.29 is 14.3 Å². The minimum absolute atomic E-state index is 0.284. The Morgan fingerprint density at radius 2 is 1.71 bits per heavy atom. The molecule has 3 amide bonds. The molecular formula is C18H21N3O3. The number of amides is 3. The molecule has 0 spiro atoms. The van der Waals surface area contributed by atoms with Gasteiger partial charge in [-0.15, -0.1) is 0 Å². The zero-order chi connectivity index (χ0) is 17.4. The summed E-state index contributed by atoms with van der Waals surface area (Å²) in [6, 6.07) is 15.4. The van der Waals surface area contributed by atoms with Gasteiger partial charge in [-0.05, 0) is 23.3 Å². The van der Waals surface area contributed by atoms with Crippen molar-refractivity contribution in [1.29, 1.82) is 0 Å². The predicted molar refractivity (Wildman–Crippen MR) is 91.5 cm³/mol. The third-order valence-corrected chi connectivity index (χ3v) is 3.54. The van der Waals surface area contributed by atoms with Crippen LogP contribution < -0.4 is 21.1 Å². The van der Waals surface area contributed by atoms with Crippen LogP contribution in [0.4, 0.5) is 4.79 Å². The molecule has 0 radical (unpaired) electrons. The number of methoxy groups -OCH3 is 1. The standard InChI is InChI=1S/C18H21N3O3/c1-24-15-9-7-14(8-10-15)12-20-17(22)16(21-18(19)23)11-13-5-3-2-4-6-13/h2-10,16H,11-12H2,1H3,(H,20,22)(H3,19,21,23)/t16-/m1/s1. The van der Waals surface area contributed by atoms with Crippen LogP contribution in [0.3, 0.4) is 0 Å². The summed E-state index contributed by atoms with van der Waals surface area (Å²) in [5.74, 6) is 0.468. The summed E-state index contributed by atoms with van der Waals surface area (Å²) in [7, 11) is 1.60. The zero-order valence-corrected chi connectivity index (χ0v) is 13.5. The molecule has 0 aliphatic rings. The summed E-state index contributed by atoms with van der Waals surface area (Å²) in [4.78, 5) is 23.5. The number of urea groups is 1. The molecule has 0 aliphatic heterocycles. The Hall–Kier alpha value is -3.02. The molecule has 0 aliphatic carbocycles. The normalized spacial score (nSPS) is 11.4. The Labute approximate surface area is 141 Å². The van der Waals surface area contributed by atoms with Crippen LogP contribution in [-0.4, -0.2) is 25.1 Å². The Bertz CT molecular complexity index is 672. The summed E-state index contributed by atoms with van der Waals surface area (Å²) in [5.41, 5.74) is 7.05. The summed E-state index contributed by atoms with van der Waals surface area (Å²) in [5, 5.41) is 5.30. The van der Waals surface area contributed by atoms with Gasteiger partial charge in [0.05, 0.1) is 7.11 Å². The van der Waals surface area contributed by atoms with Gasteiger partial charge in [0.15, 0.2) is 0 Å². The number of nitrogens with one attached hydrogen (secondary N) is 2. The molecule has 6 heteroatoms. The monoisotopic (exact) mass is 327 g/mol. The number of ether oxygens (including phenoxy) is 1. The predicted octanol–water partition coefficient (Wildman–Crippen LogP) is 1.59. The fourth-order valence-corrected chi connectivity index (χ4v) is 2.29. The van der Waals surface area contributed by atoms with Crippen molar-refractivity contribution in [3.63, 3.8) is 0 Å². The van der Waals surface area contributed by atoms with Crippen LogP contribution in [0.5, 0.6) is 5.75 Å². The van der Waals surface area contributed by atoms with Gasteiger partial charge in [0.2, 0.25) is 5.91 Å². The summed E-state index contributed by atoms with van der Waals surface area (Å²) < 4.78 is 5.09. The summed E-state index contributed by atoms with van der Waals surface area (Å²) in [6.07, 6.45) is 0.373. The average molecular weight is 327 g/mol. The van der Waals surface area contributed by atoms with Crippen LogP contribution in [0.1, 0.15) is 11.1 Å². The maximum absolute atomic E-state index is 12.4. The van der Waals surface area contributed by atoms with Crippen LogP contribution in [0.15, 0.2) is 54.6 Å². The lowest BCUT2D eigenvalue weighted by molar-refractivity contribution is -0.123. The first-order valence-electron chi connectivity index (χ1n) is 7.59. The van der Waals surface area contributed by atoms with Crippen molar-refractivity contribution in [3.05, 3.63) is 65.7 Å². The second kappa shape index (κ2) is 8.57. The molecule has 0 fully saturated rings. The van der Waals surface area contributed by atoms with Crippen LogP contribution in [0.25, 0.3) is 0 Å². The lowest BCUT2D eigenvalue weighted by Crippen LogP contribution is -2.49. The number of primary amides is 1. The van der Waals surface area contributed by atoms with Crippen LogP contribution in [0, 0.1) is 0 Å². The Kier molecular flexibility index (Phi) is 6.19. The van der Waals surface area contributed by atoms with E-state index in [1.807, 2.05) is 54.6 Å². The molecule has 2 aromatic rings. The second-order valence-electron chi connectivity index (χ2n) is 5.32. The van der Waals surface area contributed by atoms with Gasteiger partial charge in [-0.2, -0.15) is 0 Å². The van der Waals surface area contributed by atoms with E-state index in [4.69, 9.17) is 10.5 Å². The molecule has 2 aromatic carbocycles. The van der Waals surface area contributed by atoms with E-state index in [0.717, 1.165) is 16.9 Å². The topological polar surface area (TPSA) is 93.4 Å². The molecule has 24 heavy (non-hydrogen) atoms. The Morgan fingerprint density at radius 1 is 1.04 bits per heavy atom. The first-order chi connectivity index (χ1) is 11.6. The fraction of sp³-hybridized carbons (Fsp3) is 0.222. The highest BCUT2D eigenvalue weighted by molar-refractivity contribution is 5.86. The van der Waals surface area contributed by atoms with Gasteiger partial charge in [0, 0.05) is 13.0 Å². The summed E-state index contributed by atoms with van der Waals surface area (Å²) >= 11 is 0. The van der Waals surface area contributed by atoms with Gasteiger partial charge in [-0.1, -0.05) is 42.5 Å². The lowest BCUT2D eigenvalue weighted by atomic mass is 10.1. The molecule has 0 bridgehead atoms. The highest BCUT2D eigenvalue weighted by atomic mass is 16.5. The number of carbonyl (C=O) groups excluding carboxylic acids is 2. The van der Waals surface area contributed by atoms with Crippen molar-refractivity contribution in [2.45, 2.75) is 19.0 Å². The van der Waals surface area contributed by atoms with Crippen molar-refractivity contribution >= 4 is 11.9 Å². The minimum Gasteiger partial charge on any atom is -0.497 e. The molecule has 0 saturated carbocycles. The van der Waals surface area contributed by atoms with E-state index in [0.29, 0.717) is 13.0 Å². The van der Waals surface area contributed by atoms with Crippen LogP contribution in [0.2, 0.25) is 0 Å². The van der Waals surface area contributed by atoms with E-state index in [2.05, 4.69) is 10.6 Å². The average Bonchev–Trinajstić information content (AvgIpc) is 2.60. The van der Waals surface area contributed by atoms with Crippen molar-refractivity contribution in [2.24, 2.45) is 5.73 Å². The maximum Gasteiger partial charge on any atom is 0.312 e. The largest absolute Gasteiger partial charge is 0.497 e. The number of benzene rings is 2. The highest BCUT2D eigenvalue weighted by Gasteiger charge is 2.19. The van der Waals surface area contributed by atoms with E-state index in [-0.39, 0.29) is 5.91 Å². The molecule has 1 atom stereocenters. The first-order valence-corrected chi connectivity index (χ1v) is 7.59. The van der Waals surface area contributed by atoms with Gasteiger partial charge < -0.3 is 21.1 Å². The number of rotatable bonds is 7. The number of carbonyl (C=O) groups is 2. The number of nitrogens with two attached hydrogens (primary N) is 1. The molecule has 0 aromatic heterocycles. The van der Waals surface area contributed by atoms with Crippen molar-refractivity contribution in [3.8, 4) is 5.75 Å². The van der Waals surface area contributed by atoms with E-state index >= 15 is 0 Å². The van der Waals surface area contributed by atoms with Crippen molar-refractivity contribution in [2.75, 3.05) is 7.11 Å². The SMILES string of the molecule is COc1ccc(CNC(=O)[C@@H](Cc2ccccc2)NC(N)=O)cc1. The third kappa shape index (κ3) is 5.31. The van der Waals surface area contributed by atoms with Gasteiger partial charge in [-0.3, -0.25) is 4.79 Å². The minimum atomic E-state index is -0.726. The Morgan fingerprint density at radius 3 is 2.29 bits per heavy atom. The third-order valence-electron chi connectivity index (χ3n) is 3.54. The molecule has 0 unspecified atom stereocenters. The fourth-order valence-electron chi connectivity index (χ4n) is 2.29. The van der Waals surface area contributed by atoms with Crippen molar-refractivity contribution in [1.82, 2.24) is 10.6 Å². The van der Waals surface area contributed by atoms with Gasteiger partial charge in [-0.25, -0.2) is 4.79 Å². The maximum atomic E-state index is 12.4. The first kappa shape index (κ1) is 17.3. The molecular weight excluding hydrogens is 306 g/mol. The number of hydrogen-bond acceptors (Lipinski definition) is 3. The zero-order valence-electron chi connectivity index (χ0n) is 13.5. The van der Waals surface area contributed by atoms with Gasteiger partial charge in [0.1, 0.15) is 11.8 Å². The van der Waals surface area contributed by atoms with Gasteiger partial charge in [0.25, 0.3) is 0 Å². The second-order valence-corrected chi connectivity index (χ2v) is 5.32. The van der Waals surface area contributed by atoms with Crippen LogP contribution >= 0.6 is 0 Å².